The van der Waals surface area contributed by atoms with E-state index < -0.39 is 0 Å². The van der Waals surface area contributed by atoms with Crippen LogP contribution in [0.1, 0.15) is 30.4 Å². The monoisotopic (exact) mass is 261 g/mol. The Bertz CT molecular complexity index is 427. The summed E-state index contributed by atoms with van der Waals surface area (Å²) in [6, 6.07) is 7.76. The molecule has 104 valence electrons. The minimum Gasteiger partial charge on any atom is -0.497 e. The van der Waals surface area contributed by atoms with Gasteiger partial charge in [0, 0.05) is 25.3 Å². The lowest BCUT2D eigenvalue weighted by Crippen LogP contribution is -2.44. The van der Waals surface area contributed by atoms with Crippen molar-refractivity contribution in [2.45, 2.75) is 44.2 Å². The summed E-state index contributed by atoms with van der Waals surface area (Å²) >= 11 is 0. The Morgan fingerprint density at radius 3 is 2.74 bits per heavy atom. The second-order valence-electron chi connectivity index (χ2n) is 5.63. The SMILES string of the molecule is COc1ccc2c(c1)CC(NC1CCOCC1)CC2. The highest BCUT2D eigenvalue weighted by molar-refractivity contribution is 5.37. The Morgan fingerprint density at radius 1 is 1.11 bits per heavy atom. The maximum Gasteiger partial charge on any atom is 0.119 e. The van der Waals surface area contributed by atoms with E-state index in [2.05, 4.69) is 23.5 Å². The molecule has 3 nitrogen and oxygen atoms in total. The average Bonchev–Trinajstić information content (AvgIpc) is 2.47. The number of benzene rings is 1. The van der Waals surface area contributed by atoms with Crippen LogP contribution in [0.4, 0.5) is 0 Å². The zero-order valence-corrected chi connectivity index (χ0v) is 11.7. The van der Waals surface area contributed by atoms with Crippen LogP contribution in [-0.2, 0) is 17.6 Å². The van der Waals surface area contributed by atoms with Gasteiger partial charge >= 0.3 is 0 Å². The van der Waals surface area contributed by atoms with E-state index in [1.54, 1.807) is 7.11 Å². The zero-order valence-electron chi connectivity index (χ0n) is 11.7. The summed E-state index contributed by atoms with van der Waals surface area (Å²) in [6.45, 7) is 1.82. The normalized spacial score (nSPS) is 23.9. The number of rotatable bonds is 3. The Morgan fingerprint density at radius 2 is 1.95 bits per heavy atom. The second kappa shape index (κ2) is 5.93. The van der Waals surface area contributed by atoms with Gasteiger partial charge in [0.2, 0.25) is 0 Å². The van der Waals surface area contributed by atoms with Gasteiger partial charge in [-0.1, -0.05) is 6.07 Å². The molecule has 1 fully saturated rings. The fourth-order valence-electron chi connectivity index (χ4n) is 3.20. The van der Waals surface area contributed by atoms with E-state index in [-0.39, 0.29) is 0 Å². The molecule has 0 aromatic heterocycles. The Labute approximate surface area is 115 Å². The van der Waals surface area contributed by atoms with Gasteiger partial charge in [-0.25, -0.2) is 0 Å². The molecular formula is C16H23NO2. The average molecular weight is 261 g/mol. The summed E-state index contributed by atoms with van der Waals surface area (Å²) in [4.78, 5) is 0. The van der Waals surface area contributed by atoms with Crippen molar-refractivity contribution in [2.75, 3.05) is 20.3 Å². The first kappa shape index (κ1) is 12.9. The second-order valence-corrected chi connectivity index (χ2v) is 5.63. The number of ether oxygens (including phenoxy) is 2. The van der Waals surface area contributed by atoms with Gasteiger partial charge in [0.15, 0.2) is 0 Å². The molecule has 1 aromatic carbocycles. The van der Waals surface area contributed by atoms with Gasteiger partial charge in [-0.15, -0.1) is 0 Å². The van der Waals surface area contributed by atoms with Crippen LogP contribution in [0.25, 0.3) is 0 Å². The van der Waals surface area contributed by atoms with Crippen molar-refractivity contribution in [3.63, 3.8) is 0 Å². The van der Waals surface area contributed by atoms with Crippen LogP contribution in [0.3, 0.4) is 0 Å². The summed E-state index contributed by atoms with van der Waals surface area (Å²) in [7, 11) is 1.74. The molecule has 1 aliphatic carbocycles. The van der Waals surface area contributed by atoms with Crippen molar-refractivity contribution in [1.29, 1.82) is 0 Å². The molecule has 2 aliphatic rings. The van der Waals surface area contributed by atoms with Crippen molar-refractivity contribution >= 4 is 0 Å². The van der Waals surface area contributed by atoms with Gasteiger partial charge in [0.05, 0.1) is 7.11 Å². The van der Waals surface area contributed by atoms with Crippen LogP contribution in [-0.4, -0.2) is 32.4 Å². The van der Waals surface area contributed by atoms with Crippen LogP contribution < -0.4 is 10.1 Å². The summed E-state index contributed by atoms with van der Waals surface area (Å²) in [5.41, 5.74) is 2.95. The van der Waals surface area contributed by atoms with Crippen molar-refractivity contribution in [2.24, 2.45) is 0 Å². The highest BCUT2D eigenvalue weighted by atomic mass is 16.5. The highest BCUT2D eigenvalue weighted by Gasteiger charge is 2.22. The topological polar surface area (TPSA) is 30.5 Å². The molecule has 0 radical (unpaired) electrons. The maximum atomic E-state index is 5.42. The van der Waals surface area contributed by atoms with E-state index in [9.17, 15) is 0 Å². The Balaban J connectivity index is 1.63. The summed E-state index contributed by atoms with van der Waals surface area (Å²) in [6.07, 6.45) is 5.86. The molecule has 3 rings (SSSR count). The molecule has 1 heterocycles. The van der Waals surface area contributed by atoms with E-state index in [4.69, 9.17) is 9.47 Å². The highest BCUT2D eigenvalue weighted by Crippen LogP contribution is 2.26. The molecule has 1 N–H and O–H groups in total. The zero-order chi connectivity index (χ0) is 13.1. The standard InChI is InChI=1S/C16H23NO2/c1-18-16-5-3-12-2-4-15(10-13(12)11-16)17-14-6-8-19-9-7-14/h3,5,11,14-15,17H,2,4,6-10H2,1H3. The lowest BCUT2D eigenvalue weighted by molar-refractivity contribution is 0.0743. The van der Waals surface area contributed by atoms with Gasteiger partial charge in [-0.3, -0.25) is 0 Å². The van der Waals surface area contributed by atoms with Gasteiger partial charge in [0.1, 0.15) is 5.75 Å². The van der Waals surface area contributed by atoms with E-state index in [0.717, 1.165) is 38.2 Å². The smallest absolute Gasteiger partial charge is 0.119 e. The molecule has 1 aliphatic heterocycles. The number of aryl methyl sites for hydroxylation is 1. The lowest BCUT2D eigenvalue weighted by Gasteiger charge is -2.31. The molecule has 0 amide bonds. The quantitative estimate of drug-likeness (QED) is 0.906. The summed E-state index contributed by atoms with van der Waals surface area (Å²) in [5, 5.41) is 3.82. The Hall–Kier alpha value is -1.06. The molecule has 19 heavy (non-hydrogen) atoms. The van der Waals surface area contributed by atoms with Crippen molar-refractivity contribution in [3.8, 4) is 5.75 Å². The van der Waals surface area contributed by atoms with Gasteiger partial charge in [0.25, 0.3) is 0 Å². The first-order chi connectivity index (χ1) is 9.35. The summed E-state index contributed by atoms with van der Waals surface area (Å²) < 4.78 is 10.7. The van der Waals surface area contributed by atoms with E-state index in [1.807, 2.05) is 0 Å². The fraction of sp³-hybridized carbons (Fsp3) is 0.625. The first-order valence-corrected chi connectivity index (χ1v) is 7.35. The van der Waals surface area contributed by atoms with Crippen molar-refractivity contribution in [1.82, 2.24) is 5.32 Å². The van der Waals surface area contributed by atoms with Crippen LogP contribution in [0.5, 0.6) is 5.75 Å². The van der Waals surface area contributed by atoms with Gasteiger partial charge < -0.3 is 14.8 Å². The molecule has 1 saturated heterocycles. The maximum absolute atomic E-state index is 5.42. The predicted octanol–water partition coefficient (Wildman–Crippen LogP) is 2.32. The van der Waals surface area contributed by atoms with Gasteiger partial charge in [-0.05, 0) is 55.4 Å². The number of hydrogen-bond donors (Lipinski definition) is 1. The molecule has 0 saturated carbocycles. The van der Waals surface area contributed by atoms with Crippen LogP contribution in [0.2, 0.25) is 0 Å². The van der Waals surface area contributed by atoms with E-state index >= 15 is 0 Å². The molecule has 0 spiro atoms. The van der Waals surface area contributed by atoms with Crippen molar-refractivity contribution in [3.05, 3.63) is 29.3 Å². The van der Waals surface area contributed by atoms with Gasteiger partial charge in [-0.2, -0.15) is 0 Å². The number of nitrogens with one attached hydrogen (secondary N) is 1. The third-order valence-electron chi connectivity index (χ3n) is 4.33. The van der Waals surface area contributed by atoms with Crippen LogP contribution in [0.15, 0.2) is 18.2 Å². The van der Waals surface area contributed by atoms with Crippen LogP contribution >= 0.6 is 0 Å². The van der Waals surface area contributed by atoms with Crippen molar-refractivity contribution < 1.29 is 9.47 Å². The first-order valence-electron chi connectivity index (χ1n) is 7.35. The lowest BCUT2D eigenvalue weighted by atomic mass is 9.87. The molecule has 3 heteroatoms. The number of fused-ring (bicyclic) bond motifs is 1. The third-order valence-corrected chi connectivity index (χ3v) is 4.33. The third kappa shape index (κ3) is 3.10. The number of methoxy groups -OCH3 is 1. The Kier molecular flexibility index (Phi) is 4.04. The minimum atomic E-state index is 0.614. The largest absolute Gasteiger partial charge is 0.497 e. The molecule has 1 atom stereocenters. The molecule has 1 unspecified atom stereocenters. The minimum absolute atomic E-state index is 0.614. The van der Waals surface area contributed by atoms with E-state index in [0.29, 0.717) is 12.1 Å². The molecule has 0 bridgehead atoms. The van der Waals surface area contributed by atoms with Crippen LogP contribution in [0, 0.1) is 0 Å². The number of hydrogen-bond acceptors (Lipinski definition) is 3. The van der Waals surface area contributed by atoms with E-state index in [1.165, 1.54) is 24.0 Å². The fourth-order valence-corrected chi connectivity index (χ4v) is 3.20. The molecular weight excluding hydrogens is 238 g/mol. The summed E-state index contributed by atoms with van der Waals surface area (Å²) in [5.74, 6) is 0.977. The molecule has 1 aromatic rings. The predicted molar refractivity (Wildman–Crippen MR) is 75.8 cm³/mol.